The molecule has 2 heterocycles. The molecule has 0 fully saturated rings. The van der Waals surface area contributed by atoms with Gasteiger partial charge < -0.3 is 9.73 Å². The van der Waals surface area contributed by atoms with Crippen LogP contribution in [0.15, 0.2) is 40.5 Å². The van der Waals surface area contributed by atoms with Gasteiger partial charge in [0.2, 0.25) is 0 Å². The quantitative estimate of drug-likeness (QED) is 0.751. The summed E-state index contributed by atoms with van der Waals surface area (Å²) in [5.74, 6) is 0. The second-order valence-electron chi connectivity index (χ2n) is 4.95. The van der Waals surface area contributed by atoms with Crippen LogP contribution in [0.3, 0.4) is 0 Å². The van der Waals surface area contributed by atoms with E-state index in [2.05, 4.69) is 41.6 Å². The third-order valence-electron chi connectivity index (χ3n) is 3.15. The fourth-order valence-electron chi connectivity index (χ4n) is 1.97. The fraction of sp³-hybridized carbons (Fsp3) is 0.467. The first-order valence-corrected chi connectivity index (χ1v) is 7.62. The summed E-state index contributed by atoms with van der Waals surface area (Å²) < 4.78 is 5.05. The molecule has 0 aliphatic heterocycles. The summed E-state index contributed by atoms with van der Waals surface area (Å²) in [5.41, 5.74) is 1.20. The average Bonchev–Trinajstić information content (AvgIpc) is 3.05. The van der Waals surface area contributed by atoms with Crippen molar-refractivity contribution in [3.63, 3.8) is 0 Å². The molecular weight excluding hydrogens is 256 g/mol. The van der Waals surface area contributed by atoms with E-state index in [4.69, 9.17) is 4.42 Å². The number of rotatable bonds is 8. The van der Waals surface area contributed by atoms with Gasteiger partial charge in [-0.05, 0) is 31.4 Å². The minimum Gasteiger partial charge on any atom is -0.472 e. The number of hydrogen-bond donors (Lipinski definition) is 1. The molecule has 3 nitrogen and oxygen atoms in total. The van der Waals surface area contributed by atoms with Gasteiger partial charge in [-0.2, -0.15) is 0 Å². The lowest BCUT2D eigenvalue weighted by molar-refractivity contribution is 0.215. The van der Waals surface area contributed by atoms with Crippen molar-refractivity contribution in [1.82, 2.24) is 10.2 Å². The van der Waals surface area contributed by atoms with Gasteiger partial charge in [0.05, 0.1) is 12.5 Å². The Morgan fingerprint density at radius 2 is 2.26 bits per heavy atom. The highest BCUT2D eigenvalue weighted by Crippen LogP contribution is 2.13. The van der Waals surface area contributed by atoms with Crippen molar-refractivity contribution < 1.29 is 4.42 Å². The summed E-state index contributed by atoms with van der Waals surface area (Å²) in [5, 5.41) is 5.60. The van der Waals surface area contributed by atoms with Crippen molar-refractivity contribution in [2.75, 3.05) is 13.1 Å². The first-order valence-electron chi connectivity index (χ1n) is 6.74. The van der Waals surface area contributed by atoms with Gasteiger partial charge in [0.15, 0.2) is 0 Å². The molecule has 0 aliphatic carbocycles. The Bertz CT molecular complexity index is 437. The van der Waals surface area contributed by atoms with E-state index >= 15 is 0 Å². The van der Waals surface area contributed by atoms with Crippen LogP contribution in [0.25, 0.3) is 0 Å². The summed E-state index contributed by atoms with van der Waals surface area (Å²) in [6, 6.07) is 6.89. The van der Waals surface area contributed by atoms with Crippen molar-refractivity contribution >= 4 is 11.3 Å². The number of thiophene rings is 1. The molecule has 2 aromatic heterocycles. The minimum absolute atomic E-state index is 0.567. The molecule has 19 heavy (non-hydrogen) atoms. The van der Waals surface area contributed by atoms with Gasteiger partial charge >= 0.3 is 0 Å². The number of nitrogens with one attached hydrogen (secondary N) is 1. The van der Waals surface area contributed by atoms with Gasteiger partial charge in [-0.15, -0.1) is 11.3 Å². The standard InChI is InChI=1S/C15H22N2OS/c1-13(2)17(11-15-4-3-9-19-15)7-6-16-10-14-5-8-18-12-14/h3-5,8-9,12-13,16H,6-7,10-11H2,1-2H3. The van der Waals surface area contributed by atoms with E-state index in [1.54, 1.807) is 12.5 Å². The van der Waals surface area contributed by atoms with Crippen LogP contribution in [0, 0.1) is 0 Å². The number of hydrogen-bond acceptors (Lipinski definition) is 4. The molecule has 2 rings (SSSR count). The molecule has 4 heteroatoms. The smallest absolute Gasteiger partial charge is 0.0947 e. The first-order chi connectivity index (χ1) is 9.25. The highest BCUT2D eigenvalue weighted by molar-refractivity contribution is 7.09. The van der Waals surface area contributed by atoms with Crippen molar-refractivity contribution in [3.8, 4) is 0 Å². The van der Waals surface area contributed by atoms with Crippen molar-refractivity contribution in [1.29, 1.82) is 0 Å². The van der Waals surface area contributed by atoms with E-state index in [-0.39, 0.29) is 0 Å². The molecule has 0 aromatic carbocycles. The van der Waals surface area contributed by atoms with Crippen molar-refractivity contribution in [2.24, 2.45) is 0 Å². The zero-order valence-electron chi connectivity index (χ0n) is 11.6. The normalized spacial score (nSPS) is 11.6. The molecule has 0 saturated heterocycles. The predicted molar refractivity (Wildman–Crippen MR) is 80.3 cm³/mol. The maximum Gasteiger partial charge on any atom is 0.0947 e. The second kappa shape index (κ2) is 7.48. The van der Waals surface area contributed by atoms with Gasteiger partial charge in [-0.1, -0.05) is 6.07 Å². The largest absolute Gasteiger partial charge is 0.472 e. The lowest BCUT2D eigenvalue weighted by Crippen LogP contribution is -2.36. The average molecular weight is 278 g/mol. The first kappa shape index (κ1) is 14.3. The molecule has 2 aromatic rings. The summed E-state index contributed by atoms with van der Waals surface area (Å²) in [4.78, 5) is 3.93. The molecule has 0 saturated carbocycles. The van der Waals surface area contributed by atoms with Gasteiger partial charge in [0.25, 0.3) is 0 Å². The Labute approximate surface area is 119 Å². The summed E-state index contributed by atoms with van der Waals surface area (Å²) in [6.07, 6.45) is 3.51. The van der Waals surface area contributed by atoms with Crippen LogP contribution in [0.5, 0.6) is 0 Å². The monoisotopic (exact) mass is 278 g/mol. The topological polar surface area (TPSA) is 28.4 Å². The number of furan rings is 1. The SMILES string of the molecule is CC(C)N(CCNCc1ccoc1)Cc1cccs1. The minimum atomic E-state index is 0.567. The Balaban J connectivity index is 1.71. The molecule has 0 unspecified atom stereocenters. The maximum atomic E-state index is 5.05. The molecular formula is C15H22N2OS. The van der Waals surface area contributed by atoms with E-state index in [0.29, 0.717) is 6.04 Å². The van der Waals surface area contributed by atoms with Gasteiger partial charge in [-0.3, -0.25) is 4.90 Å². The summed E-state index contributed by atoms with van der Waals surface area (Å²) >= 11 is 1.83. The van der Waals surface area contributed by atoms with E-state index < -0.39 is 0 Å². The number of nitrogens with zero attached hydrogens (tertiary/aromatic N) is 1. The zero-order chi connectivity index (χ0) is 13.5. The maximum absolute atomic E-state index is 5.05. The molecule has 0 atom stereocenters. The van der Waals surface area contributed by atoms with Crippen molar-refractivity contribution in [3.05, 3.63) is 46.5 Å². The zero-order valence-corrected chi connectivity index (χ0v) is 12.5. The molecule has 0 radical (unpaired) electrons. The Morgan fingerprint density at radius 1 is 1.37 bits per heavy atom. The van der Waals surface area contributed by atoms with Crippen molar-refractivity contribution in [2.45, 2.75) is 33.0 Å². The molecule has 0 aliphatic rings. The van der Waals surface area contributed by atoms with Gasteiger partial charge in [-0.25, -0.2) is 0 Å². The Morgan fingerprint density at radius 3 is 2.89 bits per heavy atom. The van der Waals surface area contributed by atoms with E-state index in [9.17, 15) is 0 Å². The molecule has 1 N–H and O–H groups in total. The van der Waals surface area contributed by atoms with Crippen LogP contribution in [-0.4, -0.2) is 24.0 Å². The van der Waals surface area contributed by atoms with E-state index in [0.717, 1.165) is 26.2 Å². The Kier molecular flexibility index (Phi) is 5.63. The highest BCUT2D eigenvalue weighted by atomic mass is 32.1. The third-order valence-corrected chi connectivity index (χ3v) is 4.02. The van der Waals surface area contributed by atoms with Crippen LogP contribution < -0.4 is 5.32 Å². The summed E-state index contributed by atoms with van der Waals surface area (Å²) in [7, 11) is 0. The van der Waals surface area contributed by atoms with E-state index in [1.165, 1.54) is 10.4 Å². The second-order valence-corrected chi connectivity index (χ2v) is 5.98. The van der Waals surface area contributed by atoms with Gasteiger partial charge in [0, 0.05) is 42.7 Å². The third kappa shape index (κ3) is 4.82. The molecule has 0 spiro atoms. The van der Waals surface area contributed by atoms with Crippen LogP contribution in [0.2, 0.25) is 0 Å². The van der Waals surface area contributed by atoms with Crippen LogP contribution >= 0.6 is 11.3 Å². The van der Waals surface area contributed by atoms with Crippen LogP contribution in [-0.2, 0) is 13.1 Å². The van der Waals surface area contributed by atoms with E-state index in [1.807, 2.05) is 17.4 Å². The lowest BCUT2D eigenvalue weighted by Gasteiger charge is -2.26. The van der Waals surface area contributed by atoms with Crippen LogP contribution in [0.4, 0.5) is 0 Å². The molecule has 0 amide bonds. The fourth-order valence-corrected chi connectivity index (χ4v) is 2.70. The predicted octanol–water partition coefficient (Wildman–Crippen LogP) is 3.34. The highest BCUT2D eigenvalue weighted by Gasteiger charge is 2.10. The Hall–Kier alpha value is -1.10. The van der Waals surface area contributed by atoms with Gasteiger partial charge in [0.1, 0.15) is 0 Å². The molecule has 104 valence electrons. The molecule has 0 bridgehead atoms. The van der Waals surface area contributed by atoms with Crippen LogP contribution in [0.1, 0.15) is 24.3 Å². The summed E-state index contributed by atoms with van der Waals surface area (Å²) in [6.45, 7) is 8.49. The lowest BCUT2D eigenvalue weighted by atomic mass is 10.3.